The van der Waals surface area contributed by atoms with Gasteiger partial charge in [0.15, 0.2) is 11.5 Å². The van der Waals surface area contributed by atoms with Crippen molar-refractivity contribution in [3.05, 3.63) is 59.9 Å². The van der Waals surface area contributed by atoms with Gasteiger partial charge >= 0.3 is 0 Å². The maximum absolute atomic E-state index is 13.3. The molecule has 6 nitrogen and oxygen atoms in total. The van der Waals surface area contributed by atoms with E-state index in [4.69, 9.17) is 14.3 Å². The molecule has 2 aliphatic rings. The van der Waals surface area contributed by atoms with Gasteiger partial charge in [-0.05, 0) is 24.3 Å². The van der Waals surface area contributed by atoms with Gasteiger partial charge in [-0.25, -0.2) is 4.39 Å². The molecule has 0 aromatic heterocycles. The van der Waals surface area contributed by atoms with Crippen LogP contribution in [0.25, 0.3) is 0 Å². The Morgan fingerprint density at radius 2 is 2.04 bits per heavy atom. The lowest BCUT2D eigenvalue weighted by Gasteiger charge is -2.26. The van der Waals surface area contributed by atoms with Crippen molar-refractivity contribution < 1.29 is 23.5 Å². The van der Waals surface area contributed by atoms with E-state index in [0.29, 0.717) is 42.3 Å². The van der Waals surface area contributed by atoms with E-state index in [1.54, 1.807) is 12.1 Å². The lowest BCUT2D eigenvalue weighted by molar-refractivity contribution is -0.131. The standard InChI is InChI=1S/C19H17FN2O4/c20-13-5-3-4-12(8-13)15-9-18(26-22-15)19(23)21-10-14-11-24-16-6-1-2-7-17(16)25-14/h1-8,14,18H,9-11H2,(H,21,23)/t14-,18+/m0/s1. The van der Waals surface area contributed by atoms with E-state index in [1.165, 1.54) is 12.1 Å². The van der Waals surface area contributed by atoms with E-state index >= 15 is 0 Å². The largest absolute Gasteiger partial charge is 0.486 e. The Kier molecular flexibility index (Phi) is 4.43. The molecule has 1 N–H and O–H groups in total. The maximum atomic E-state index is 13.3. The fourth-order valence-electron chi connectivity index (χ4n) is 2.85. The van der Waals surface area contributed by atoms with Crippen LogP contribution in [0.1, 0.15) is 12.0 Å². The Morgan fingerprint density at radius 1 is 1.19 bits per heavy atom. The van der Waals surface area contributed by atoms with Gasteiger partial charge in [0.05, 0.1) is 12.3 Å². The Labute approximate surface area is 149 Å². The molecular formula is C19H17FN2O4. The molecule has 2 heterocycles. The summed E-state index contributed by atoms with van der Waals surface area (Å²) >= 11 is 0. The Morgan fingerprint density at radius 3 is 2.88 bits per heavy atom. The number of oxime groups is 1. The Hall–Kier alpha value is -3.09. The number of nitrogens with zero attached hydrogens (tertiary/aromatic N) is 1. The zero-order valence-electron chi connectivity index (χ0n) is 13.9. The van der Waals surface area contributed by atoms with Gasteiger partial charge in [-0.3, -0.25) is 4.79 Å². The third-order valence-corrected chi connectivity index (χ3v) is 4.19. The number of fused-ring (bicyclic) bond motifs is 1. The van der Waals surface area contributed by atoms with Crippen LogP contribution in [0.5, 0.6) is 11.5 Å². The van der Waals surface area contributed by atoms with Crippen molar-refractivity contribution in [2.75, 3.05) is 13.2 Å². The highest BCUT2D eigenvalue weighted by Gasteiger charge is 2.30. The van der Waals surface area contributed by atoms with E-state index in [0.717, 1.165) is 0 Å². The van der Waals surface area contributed by atoms with E-state index in [9.17, 15) is 9.18 Å². The number of halogens is 1. The van der Waals surface area contributed by atoms with Gasteiger partial charge in [0, 0.05) is 12.0 Å². The van der Waals surface area contributed by atoms with Crippen molar-refractivity contribution in [3.8, 4) is 11.5 Å². The second kappa shape index (κ2) is 7.03. The molecule has 4 rings (SSSR count). The molecule has 2 aromatic carbocycles. The van der Waals surface area contributed by atoms with E-state index < -0.39 is 6.10 Å². The molecular weight excluding hydrogens is 339 g/mol. The normalized spacial score (nSPS) is 20.9. The number of hydrogen-bond donors (Lipinski definition) is 1. The lowest BCUT2D eigenvalue weighted by atomic mass is 10.0. The first kappa shape index (κ1) is 16.4. The van der Waals surface area contributed by atoms with Crippen LogP contribution in [0.3, 0.4) is 0 Å². The average molecular weight is 356 g/mol. The second-order valence-corrected chi connectivity index (χ2v) is 6.09. The third kappa shape index (κ3) is 3.46. The molecule has 2 aliphatic heterocycles. The average Bonchev–Trinajstić information content (AvgIpc) is 3.16. The number of carbonyl (C=O) groups excluding carboxylic acids is 1. The first-order chi connectivity index (χ1) is 12.7. The fourth-order valence-corrected chi connectivity index (χ4v) is 2.85. The molecule has 0 saturated carbocycles. The van der Waals surface area contributed by atoms with Gasteiger partial charge in [0.25, 0.3) is 5.91 Å². The molecule has 0 fully saturated rings. The van der Waals surface area contributed by atoms with Crippen LogP contribution >= 0.6 is 0 Å². The predicted molar refractivity (Wildman–Crippen MR) is 91.8 cm³/mol. The molecule has 0 saturated heterocycles. The van der Waals surface area contributed by atoms with Crippen molar-refractivity contribution in [3.63, 3.8) is 0 Å². The molecule has 7 heteroatoms. The molecule has 134 valence electrons. The van der Waals surface area contributed by atoms with E-state index in [-0.39, 0.29) is 17.8 Å². The zero-order chi connectivity index (χ0) is 17.9. The van der Waals surface area contributed by atoms with Gasteiger partial charge in [0.2, 0.25) is 6.10 Å². The number of nitrogens with one attached hydrogen (secondary N) is 1. The zero-order valence-corrected chi connectivity index (χ0v) is 13.9. The van der Waals surface area contributed by atoms with Gasteiger partial charge in [0.1, 0.15) is 18.5 Å². The van der Waals surface area contributed by atoms with Crippen molar-refractivity contribution >= 4 is 11.6 Å². The SMILES string of the molecule is O=C(NC[C@H]1COc2ccccc2O1)[C@H]1CC(c2cccc(F)c2)=NO1. The summed E-state index contributed by atoms with van der Waals surface area (Å²) in [6.07, 6.45) is -0.718. The summed E-state index contributed by atoms with van der Waals surface area (Å²) in [5.74, 6) is 0.713. The Bertz CT molecular complexity index is 855. The van der Waals surface area contributed by atoms with Gasteiger partial charge < -0.3 is 19.6 Å². The molecule has 26 heavy (non-hydrogen) atoms. The summed E-state index contributed by atoms with van der Waals surface area (Å²) in [4.78, 5) is 17.5. The van der Waals surface area contributed by atoms with Crippen LogP contribution in [0.2, 0.25) is 0 Å². The Balaban J connectivity index is 1.29. The monoisotopic (exact) mass is 356 g/mol. The van der Waals surface area contributed by atoms with E-state index in [2.05, 4.69) is 10.5 Å². The highest BCUT2D eigenvalue weighted by molar-refractivity contribution is 6.04. The predicted octanol–water partition coefficient (Wildman–Crippen LogP) is 2.27. The number of rotatable bonds is 4. The fraction of sp³-hybridized carbons (Fsp3) is 0.263. The minimum atomic E-state index is -0.731. The summed E-state index contributed by atoms with van der Waals surface area (Å²) in [5.41, 5.74) is 1.16. The first-order valence-corrected chi connectivity index (χ1v) is 8.34. The minimum absolute atomic E-state index is 0.279. The van der Waals surface area contributed by atoms with Crippen LogP contribution in [0.15, 0.2) is 53.7 Å². The quantitative estimate of drug-likeness (QED) is 0.913. The summed E-state index contributed by atoms with van der Waals surface area (Å²) in [6, 6.07) is 13.4. The van der Waals surface area contributed by atoms with Gasteiger partial charge in [-0.2, -0.15) is 0 Å². The van der Waals surface area contributed by atoms with Crippen LogP contribution in [0.4, 0.5) is 4.39 Å². The first-order valence-electron chi connectivity index (χ1n) is 8.34. The van der Waals surface area contributed by atoms with Gasteiger partial charge in [-0.1, -0.05) is 29.4 Å². The summed E-state index contributed by atoms with van der Waals surface area (Å²) < 4.78 is 24.7. The molecule has 0 aliphatic carbocycles. The maximum Gasteiger partial charge on any atom is 0.264 e. The van der Waals surface area contributed by atoms with Crippen molar-refractivity contribution in [2.45, 2.75) is 18.6 Å². The summed E-state index contributed by atoms with van der Waals surface area (Å²) in [7, 11) is 0. The van der Waals surface area contributed by atoms with Crippen LogP contribution in [0, 0.1) is 5.82 Å². The molecule has 0 bridgehead atoms. The van der Waals surface area contributed by atoms with Crippen LogP contribution < -0.4 is 14.8 Å². The number of para-hydroxylation sites is 2. The highest BCUT2D eigenvalue weighted by Crippen LogP contribution is 2.30. The van der Waals surface area contributed by atoms with Crippen molar-refractivity contribution in [1.29, 1.82) is 0 Å². The number of carbonyl (C=O) groups is 1. The van der Waals surface area contributed by atoms with Crippen molar-refractivity contribution in [2.24, 2.45) is 5.16 Å². The summed E-state index contributed by atoms with van der Waals surface area (Å²) in [5, 5.41) is 6.70. The lowest BCUT2D eigenvalue weighted by Crippen LogP contribution is -2.44. The topological polar surface area (TPSA) is 69.2 Å². The minimum Gasteiger partial charge on any atom is -0.486 e. The molecule has 2 atom stereocenters. The van der Waals surface area contributed by atoms with E-state index in [1.807, 2.05) is 24.3 Å². The molecule has 0 spiro atoms. The third-order valence-electron chi connectivity index (χ3n) is 4.19. The van der Waals surface area contributed by atoms with Crippen molar-refractivity contribution in [1.82, 2.24) is 5.32 Å². The number of ether oxygens (including phenoxy) is 2. The number of benzene rings is 2. The van der Waals surface area contributed by atoms with Gasteiger partial charge in [-0.15, -0.1) is 0 Å². The smallest absolute Gasteiger partial charge is 0.264 e. The highest BCUT2D eigenvalue weighted by atomic mass is 19.1. The molecule has 1 amide bonds. The summed E-state index contributed by atoms with van der Waals surface area (Å²) in [6.45, 7) is 0.649. The second-order valence-electron chi connectivity index (χ2n) is 6.09. The molecule has 0 radical (unpaired) electrons. The molecule has 2 aromatic rings. The van der Waals surface area contributed by atoms with Crippen LogP contribution in [-0.2, 0) is 9.63 Å². The van der Waals surface area contributed by atoms with Crippen LogP contribution in [-0.4, -0.2) is 37.0 Å². The molecule has 0 unspecified atom stereocenters. The number of amides is 1. The number of hydrogen-bond acceptors (Lipinski definition) is 5.